The van der Waals surface area contributed by atoms with Crippen molar-refractivity contribution in [1.29, 1.82) is 0 Å². The van der Waals surface area contributed by atoms with E-state index < -0.39 is 0 Å². The molecule has 3 nitrogen and oxygen atoms in total. The first-order valence-corrected chi connectivity index (χ1v) is 8.97. The van der Waals surface area contributed by atoms with Crippen molar-refractivity contribution in [3.63, 3.8) is 0 Å². The first-order chi connectivity index (χ1) is 11.8. The van der Waals surface area contributed by atoms with Gasteiger partial charge >= 0.3 is 0 Å². The Bertz CT molecular complexity index is 716. The molecular weight excluding hydrogens is 308 g/mol. The largest absolute Gasteiger partial charge is 0.322 e. The summed E-state index contributed by atoms with van der Waals surface area (Å²) in [5, 5.41) is 0. The topological polar surface area (TPSA) is 23.6 Å². The van der Waals surface area contributed by atoms with Crippen LogP contribution in [0.5, 0.6) is 0 Å². The predicted octanol–water partition coefficient (Wildman–Crippen LogP) is 4.35. The van der Waals surface area contributed by atoms with Gasteiger partial charge in [-0.2, -0.15) is 0 Å². The summed E-state index contributed by atoms with van der Waals surface area (Å²) in [7, 11) is 2.07. The monoisotopic (exact) mass is 336 g/mol. The fourth-order valence-electron chi connectivity index (χ4n) is 3.34. The first-order valence-electron chi connectivity index (χ1n) is 8.97. The van der Waals surface area contributed by atoms with Gasteiger partial charge in [-0.3, -0.25) is 9.69 Å². The van der Waals surface area contributed by atoms with Crippen LogP contribution < -0.4 is 0 Å². The fraction of sp³-hybridized carbons (Fsp3) is 0.409. The highest BCUT2D eigenvalue weighted by atomic mass is 16.2. The second-order valence-electron chi connectivity index (χ2n) is 8.10. The third-order valence-corrected chi connectivity index (χ3v) is 4.92. The van der Waals surface area contributed by atoms with E-state index in [1.165, 1.54) is 16.7 Å². The van der Waals surface area contributed by atoms with Gasteiger partial charge in [-0.05, 0) is 29.2 Å². The number of amides is 1. The highest BCUT2D eigenvalue weighted by Gasteiger charge is 2.37. The minimum absolute atomic E-state index is 0.178. The number of carbonyl (C=O) groups is 1. The Morgan fingerprint density at radius 2 is 1.68 bits per heavy atom. The molecule has 0 N–H and O–H groups in total. The molecule has 1 aliphatic heterocycles. The maximum atomic E-state index is 12.1. The average Bonchev–Trinajstić information content (AvgIpc) is 2.58. The molecule has 0 bridgehead atoms. The summed E-state index contributed by atoms with van der Waals surface area (Å²) >= 11 is 0. The molecule has 3 rings (SSSR count). The van der Waals surface area contributed by atoms with Gasteiger partial charge in [0.25, 0.3) is 0 Å². The lowest BCUT2D eigenvalue weighted by molar-refractivity contribution is -0.149. The molecule has 1 saturated heterocycles. The normalized spacial score (nSPS) is 17.7. The van der Waals surface area contributed by atoms with Crippen molar-refractivity contribution in [2.75, 3.05) is 13.7 Å². The van der Waals surface area contributed by atoms with Crippen molar-refractivity contribution in [1.82, 2.24) is 9.80 Å². The summed E-state index contributed by atoms with van der Waals surface area (Å²) in [4.78, 5) is 16.2. The third kappa shape index (κ3) is 4.10. The molecular formula is C22H28N2O. The van der Waals surface area contributed by atoms with Gasteiger partial charge < -0.3 is 4.90 Å². The molecule has 0 radical (unpaired) electrons. The molecule has 0 saturated carbocycles. The van der Waals surface area contributed by atoms with Crippen molar-refractivity contribution in [2.45, 2.75) is 45.2 Å². The fourth-order valence-corrected chi connectivity index (χ4v) is 3.34. The second kappa shape index (κ2) is 7.01. The predicted molar refractivity (Wildman–Crippen MR) is 102 cm³/mol. The van der Waals surface area contributed by atoms with Crippen LogP contribution in [0, 0.1) is 0 Å². The number of nitrogens with zero attached hydrogens (tertiary/aromatic N) is 2. The van der Waals surface area contributed by atoms with Gasteiger partial charge in [-0.25, -0.2) is 0 Å². The number of rotatable bonds is 5. The average molecular weight is 336 g/mol. The molecule has 1 heterocycles. The van der Waals surface area contributed by atoms with Crippen LogP contribution in [-0.4, -0.2) is 29.4 Å². The molecule has 1 unspecified atom stereocenters. The molecule has 1 atom stereocenters. The quantitative estimate of drug-likeness (QED) is 0.758. The van der Waals surface area contributed by atoms with Crippen LogP contribution in [0.15, 0.2) is 54.6 Å². The van der Waals surface area contributed by atoms with E-state index in [4.69, 9.17) is 0 Å². The lowest BCUT2D eigenvalue weighted by Crippen LogP contribution is -2.50. The summed E-state index contributed by atoms with van der Waals surface area (Å²) in [6, 6.07) is 19.3. The second-order valence-corrected chi connectivity index (χ2v) is 8.10. The number of hydrogen-bond acceptors (Lipinski definition) is 2. The van der Waals surface area contributed by atoms with Crippen LogP contribution in [0.3, 0.4) is 0 Å². The van der Waals surface area contributed by atoms with Gasteiger partial charge in [0.05, 0.1) is 19.1 Å². The van der Waals surface area contributed by atoms with Crippen LogP contribution in [0.1, 0.15) is 49.9 Å². The van der Waals surface area contributed by atoms with E-state index in [2.05, 4.69) is 69.1 Å². The van der Waals surface area contributed by atoms with Crippen LogP contribution in [0.4, 0.5) is 0 Å². The number of β-lactam (4-membered cyclic amide) rings is 1. The van der Waals surface area contributed by atoms with Crippen LogP contribution in [0.25, 0.3) is 0 Å². The van der Waals surface area contributed by atoms with E-state index in [0.29, 0.717) is 13.1 Å². The number of benzene rings is 2. The Balaban J connectivity index is 1.60. The van der Waals surface area contributed by atoms with Crippen LogP contribution >= 0.6 is 0 Å². The molecule has 2 aromatic carbocycles. The first kappa shape index (κ1) is 17.7. The Hall–Kier alpha value is -2.13. The highest BCUT2D eigenvalue weighted by molar-refractivity contribution is 5.83. The Morgan fingerprint density at radius 3 is 2.24 bits per heavy atom. The summed E-state index contributed by atoms with van der Waals surface area (Å²) < 4.78 is 0. The minimum Gasteiger partial charge on any atom is -0.322 e. The van der Waals surface area contributed by atoms with E-state index in [-0.39, 0.29) is 17.4 Å². The summed E-state index contributed by atoms with van der Waals surface area (Å²) in [5.74, 6) is 0.240. The molecule has 3 heteroatoms. The van der Waals surface area contributed by atoms with E-state index in [9.17, 15) is 4.79 Å². The minimum atomic E-state index is 0.178. The number of hydrogen-bond donors (Lipinski definition) is 0. The zero-order valence-electron chi connectivity index (χ0n) is 15.7. The van der Waals surface area contributed by atoms with E-state index >= 15 is 0 Å². The van der Waals surface area contributed by atoms with Gasteiger partial charge in [0.15, 0.2) is 0 Å². The zero-order chi connectivity index (χ0) is 18.0. The number of carbonyl (C=O) groups excluding carboxylic acids is 1. The van der Waals surface area contributed by atoms with Crippen molar-refractivity contribution in [3.05, 3.63) is 71.3 Å². The maximum Gasteiger partial charge on any atom is 0.226 e. The van der Waals surface area contributed by atoms with Crippen molar-refractivity contribution < 1.29 is 4.79 Å². The molecule has 25 heavy (non-hydrogen) atoms. The zero-order valence-corrected chi connectivity index (χ0v) is 15.7. The Labute approximate surface area is 151 Å². The molecule has 2 aromatic rings. The summed E-state index contributed by atoms with van der Waals surface area (Å²) in [6.07, 6.45) is 0.623. The molecule has 1 amide bonds. The van der Waals surface area contributed by atoms with E-state index in [0.717, 1.165) is 6.54 Å². The highest BCUT2D eigenvalue weighted by Crippen LogP contribution is 2.34. The summed E-state index contributed by atoms with van der Waals surface area (Å²) in [5.41, 5.74) is 4.03. The number of likely N-dealkylation sites (tertiary alicyclic amines) is 1. The standard InChI is InChI=1S/C22H28N2O/c1-22(2,3)19-12-10-17(11-13-19)15-23(4)16-24-20(14-21(24)25)18-8-6-5-7-9-18/h5-13,20H,14-16H2,1-4H3. The Kier molecular flexibility index (Phi) is 4.96. The van der Waals surface area contributed by atoms with E-state index in [1.54, 1.807) is 0 Å². The molecule has 0 aliphatic carbocycles. The lowest BCUT2D eigenvalue weighted by atomic mass is 9.87. The van der Waals surface area contributed by atoms with Gasteiger partial charge in [0, 0.05) is 6.54 Å². The van der Waals surface area contributed by atoms with Gasteiger partial charge in [0.1, 0.15) is 0 Å². The molecule has 1 fully saturated rings. The van der Waals surface area contributed by atoms with Crippen molar-refractivity contribution in [2.24, 2.45) is 0 Å². The molecule has 132 valence electrons. The van der Waals surface area contributed by atoms with Crippen molar-refractivity contribution >= 4 is 5.91 Å². The maximum absolute atomic E-state index is 12.1. The molecule has 1 aliphatic rings. The van der Waals surface area contributed by atoms with Gasteiger partial charge in [-0.15, -0.1) is 0 Å². The summed E-state index contributed by atoms with van der Waals surface area (Å²) in [6.45, 7) is 8.20. The van der Waals surface area contributed by atoms with Crippen LogP contribution in [-0.2, 0) is 16.8 Å². The molecule has 0 spiro atoms. The lowest BCUT2D eigenvalue weighted by Gasteiger charge is -2.42. The van der Waals surface area contributed by atoms with Crippen molar-refractivity contribution in [3.8, 4) is 0 Å². The van der Waals surface area contributed by atoms with Gasteiger partial charge in [0.2, 0.25) is 5.91 Å². The Morgan fingerprint density at radius 1 is 1.04 bits per heavy atom. The SMILES string of the molecule is CN(Cc1ccc(C(C)(C)C)cc1)CN1C(=O)CC1c1ccccc1. The smallest absolute Gasteiger partial charge is 0.226 e. The van der Waals surface area contributed by atoms with E-state index in [1.807, 2.05) is 23.1 Å². The molecule has 0 aromatic heterocycles. The van der Waals surface area contributed by atoms with Gasteiger partial charge in [-0.1, -0.05) is 75.4 Å². The third-order valence-electron chi connectivity index (χ3n) is 4.92. The van der Waals surface area contributed by atoms with Crippen LogP contribution in [0.2, 0.25) is 0 Å².